The van der Waals surface area contributed by atoms with Gasteiger partial charge in [0.25, 0.3) is 0 Å². The Hall–Kier alpha value is -0.980. The normalized spacial score (nSPS) is 19.8. The third kappa shape index (κ3) is 5.76. The number of urea groups is 1. The quantitative estimate of drug-likeness (QED) is 0.708. The third-order valence-electron chi connectivity index (χ3n) is 2.94. The van der Waals surface area contributed by atoms with Crippen LogP contribution >= 0.6 is 0 Å². The number of carbonyl (C=O) groups is 1. The number of alkyl halides is 3. The zero-order valence-corrected chi connectivity index (χ0v) is 9.78. The number of nitrogens with one attached hydrogen (secondary N) is 3. The Kier molecular flexibility index (Phi) is 4.62. The van der Waals surface area contributed by atoms with Gasteiger partial charge < -0.3 is 16.0 Å². The molecule has 100 valence electrons. The predicted octanol–water partition coefficient (Wildman–Crippen LogP) is 1.24. The monoisotopic (exact) mass is 253 g/mol. The Labute approximate surface area is 98.3 Å². The largest absolute Gasteiger partial charge is 0.405 e. The molecule has 1 aliphatic heterocycles. The van der Waals surface area contributed by atoms with Gasteiger partial charge in [0.15, 0.2) is 0 Å². The minimum atomic E-state index is -4.37. The molecule has 0 aromatic heterocycles. The molecular weight excluding hydrogens is 235 g/mol. The van der Waals surface area contributed by atoms with Crippen molar-refractivity contribution in [1.29, 1.82) is 0 Å². The van der Waals surface area contributed by atoms with E-state index in [0.29, 0.717) is 6.54 Å². The molecule has 0 atom stereocenters. The summed E-state index contributed by atoms with van der Waals surface area (Å²) in [6, 6.07) is -0.762. The molecule has 1 heterocycles. The number of amides is 2. The van der Waals surface area contributed by atoms with Crippen molar-refractivity contribution in [2.45, 2.75) is 25.9 Å². The molecule has 0 spiro atoms. The number of rotatable bonds is 3. The van der Waals surface area contributed by atoms with Gasteiger partial charge >= 0.3 is 12.2 Å². The molecule has 7 heteroatoms. The minimum Gasteiger partial charge on any atom is -0.338 e. The SMILES string of the molecule is CC1(CNC(=O)NCC(F)(F)F)CCNCC1. The molecule has 0 radical (unpaired) electrons. The summed E-state index contributed by atoms with van der Waals surface area (Å²) >= 11 is 0. The molecule has 0 aromatic carbocycles. The van der Waals surface area contributed by atoms with Crippen molar-refractivity contribution in [2.24, 2.45) is 5.41 Å². The third-order valence-corrected chi connectivity index (χ3v) is 2.94. The molecule has 0 aliphatic carbocycles. The number of halogens is 3. The van der Waals surface area contributed by atoms with Crippen LogP contribution in [0.5, 0.6) is 0 Å². The van der Waals surface area contributed by atoms with Crippen LogP contribution in [-0.2, 0) is 0 Å². The second kappa shape index (κ2) is 5.57. The Morgan fingerprint density at radius 1 is 1.29 bits per heavy atom. The highest BCUT2D eigenvalue weighted by Gasteiger charge is 2.29. The van der Waals surface area contributed by atoms with Crippen LogP contribution in [0.3, 0.4) is 0 Å². The number of piperidine rings is 1. The van der Waals surface area contributed by atoms with E-state index in [0.717, 1.165) is 25.9 Å². The average molecular weight is 253 g/mol. The zero-order valence-electron chi connectivity index (χ0n) is 9.78. The predicted molar refractivity (Wildman–Crippen MR) is 57.7 cm³/mol. The highest BCUT2D eigenvalue weighted by molar-refractivity contribution is 5.73. The van der Waals surface area contributed by atoms with Gasteiger partial charge in [0, 0.05) is 6.54 Å². The lowest BCUT2D eigenvalue weighted by atomic mass is 9.81. The fourth-order valence-electron chi connectivity index (χ4n) is 1.74. The Bertz CT molecular complexity index is 262. The first-order chi connectivity index (χ1) is 7.81. The van der Waals surface area contributed by atoms with E-state index in [2.05, 4.69) is 10.6 Å². The second-order valence-electron chi connectivity index (χ2n) is 4.71. The Morgan fingerprint density at radius 2 is 1.88 bits per heavy atom. The first kappa shape index (κ1) is 14.1. The number of hydrogen-bond acceptors (Lipinski definition) is 2. The van der Waals surface area contributed by atoms with Crippen LogP contribution in [0.2, 0.25) is 0 Å². The van der Waals surface area contributed by atoms with Gasteiger partial charge in [-0.25, -0.2) is 4.79 Å². The summed E-state index contributed by atoms with van der Waals surface area (Å²) in [7, 11) is 0. The van der Waals surface area contributed by atoms with Gasteiger partial charge in [-0.2, -0.15) is 13.2 Å². The van der Waals surface area contributed by atoms with Gasteiger partial charge in [0.05, 0.1) is 0 Å². The van der Waals surface area contributed by atoms with E-state index in [9.17, 15) is 18.0 Å². The molecule has 4 nitrogen and oxygen atoms in total. The van der Waals surface area contributed by atoms with Crippen LogP contribution < -0.4 is 16.0 Å². The van der Waals surface area contributed by atoms with Crippen LogP contribution in [0.25, 0.3) is 0 Å². The van der Waals surface area contributed by atoms with Gasteiger partial charge in [0.1, 0.15) is 6.54 Å². The highest BCUT2D eigenvalue weighted by atomic mass is 19.4. The van der Waals surface area contributed by atoms with Gasteiger partial charge in [-0.15, -0.1) is 0 Å². The summed E-state index contributed by atoms with van der Waals surface area (Å²) in [5, 5.41) is 7.47. The van der Waals surface area contributed by atoms with Crippen LogP contribution in [0.1, 0.15) is 19.8 Å². The molecule has 2 amide bonds. The highest BCUT2D eigenvalue weighted by Crippen LogP contribution is 2.26. The van der Waals surface area contributed by atoms with Crippen molar-refractivity contribution < 1.29 is 18.0 Å². The Balaban J connectivity index is 2.23. The van der Waals surface area contributed by atoms with Gasteiger partial charge in [-0.05, 0) is 31.3 Å². The first-order valence-electron chi connectivity index (χ1n) is 5.60. The van der Waals surface area contributed by atoms with Crippen molar-refractivity contribution in [2.75, 3.05) is 26.2 Å². The molecule has 17 heavy (non-hydrogen) atoms. The molecule has 0 saturated carbocycles. The Morgan fingerprint density at radius 3 is 2.41 bits per heavy atom. The molecule has 0 bridgehead atoms. The van der Waals surface area contributed by atoms with Crippen LogP contribution in [0.15, 0.2) is 0 Å². The minimum absolute atomic E-state index is 0.0270. The molecule has 1 aliphatic rings. The van der Waals surface area contributed by atoms with E-state index in [4.69, 9.17) is 0 Å². The lowest BCUT2D eigenvalue weighted by Crippen LogP contribution is -2.47. The molecule has 3 N–H and O–H groups in total. The van der Waals surface area contributed by atoms with Crippen molar-refractivity contribution in [3.63, 3.8) is 0 Å². The van der Waals surface area contributed by atoms with E-state index in [1.165, 1.54) is 0 Å². The summed E-state index contributed by atoms with van der Waals surface area (Å²) in [6.07, 6.45) is -2.55. The number of carbonyl (C=O) groups excluding carboxylic acids is 1. The van der Waals surface area contributed by atoms with E-state index in [1.807, 2.05) is 6.92 Å². The number of hydrogen-bond donors (Lipinski definition) is 3. The summed E-state index contributed by atoms with van der Waals surface area (Å²) in [6.45, 7) is 2.89. The second-order valence-corrected chi connectivity index (χ2v) is 4.71. The van der Waals surface area contributed by atoms with Crippen LogP contribution in [-0.4, -0.2) is 38.4 Å². The molecule has 0 aromatic rings. The van der Waals surface area contributed by atoms with Crippen molar-refractivity contribution in [3.05, 3.63) is 0 Å². The lowest BCUT2D eigenvalue weighted by Gasteiger charge is -2.34. The maximum Gasteiger partial charge on any atom is 0.405 e. The van der Waals surface area contributed by atoms with E-state index in [-0.39, 0.29) is 5.41 Å². The maximum absolute atomic E-state index is 11.8. The molecular formula is C10H18F3N3O. The standard InChI is InChI=1S/C10H18F3N3O/c1-9(2-4-14-5-3-9)6-15-8(17)16-7-10(11,12)13/h14H,2-7H2,1H3,(H2,15,16,17). The summed E-state index contributed by atoms with van der Waals surface area (Å²) in [4.78, 5) is 11.1. The summed E-state index contributed by atoms with van der Waals surface area (Å²) in [5.41, 5.74) is -0.0270. The van der Waals surface area contributed by atoms with Gasteiger partial charge in [-0.3, -0.25) is 0 Å². The van der Waals surface area contributed by atoms with Crippen LogP contribution in [0.4, 0.5) is 18.0 Å². The fourth-order valence-corrected chi connectivity index (χ4v) is 1.74. The summed E-state index contributed by atoms with van der Waals surface area (Å²) < 4.78 is 35.5. The average Bonchev–Trinajstić information content (AvgIpc) is 2.24. The smallest absolute Gasteiger partial charge is 0.338 e. The van der Waals surface area contributed by atoms with Crippen molar-refractivity contribution in [1.82, 2.24) is 16.0 Å². The molecule has 0 unspecified atom stereocenters. The molecule has 1 fully saturated rings. The molecule has 1 rings (SSSR count). The van der Waals surface area contributed by atoms with Crippen LogP contribution in [0, 0.1) is 5.41 Å². The summed E-state index contributed by atoms with van der Waals surface area (Å²) in [5.74, 6) is 0. The van der Waals surface area contributed by atoms with E-state index >= 15 is 0 Å². The maximum atomic E-state index is 11.8. The van der Waals surface area contributed by atoms with Gasteiger partial charge in [0.2, 0.25) is 0 Å². The lowest BCUT2D eigenvalue weighted by molar-refractivity contribution is -0.122. The molecule has 1 saturated heterocycles. The van der Waals surface area contributed by atoms with Gasteiger partial charge in [-0.1, -0.05) is 6.92 Å². The van der Waals surface area contributed by atoms with E-state index < -0.39 is 18.8 Å². The topological polar surface area (TPSA) is 53.2 Å². The van der Waals surface area contributed by atoms with Crippen molar-refractivity contribution >= 4 is 6.03 Å². The first-order valence-corrected chi connectivity index (χ1v) is 5.60. The zero-order chi connectivity index (χ0) is 12.9. The fraction of sp³-hybridized carbons (Fsp3) is 0.900. The van der Waals surface area contributed by atoms with Crippen molar-refractivity contribution in [3.8, 4) is 0 Å². The van der Waals surface area contributed by atoms with E-state index in [1.54, 1.807) is 5.32 Å².